The summed E-state index contributed by atoms with van der Waals surface area (Å²) in [4.78, 5) is 25.8. The van der Waals surface area contributed by atoms with Crippen molar-refractivity contribution in [2.45, 2.75) is 38.8 Å². The van der Waals surface area contributed by atoms with Gasteiger partial charge in [0.2, 0.25) is 0 Å². The Bertz CT molecular complexity index is 1070. The normalized spacial score (nSPS) is 12.2. The molecule has 31 heavy (non-hydrogen) atoms. The quantitative estimate of drug-likeness (QED) is 0.589. The molecule has 0 fully saturated rings. The van der Waals surface area contributed by atoms with Gasteiger partial charge in [-0.2, -0.15) is 5.26 Å². The number of aromatic nitrogens is 1. The van der Waals surface area contributed by atoms with Crippen LogP contribution in [0.2, 0.25) is 5.02 Å². The first-order valence-corrected chi connectivity index (χ1v) is 9.81. The molecule has 0 N–H and O–H groups in total. The van der Waals surface area contributed by atoms with Gasteiger partial charge in [0.05, 0.1) is 30.0 Å². The van der Waals surface area contributed by atoms with Crippen molar-refractivity contribution in [1.82, 2.24) is 4.57 Å². The average molecular weight is 451 g/mol. The molecule has 7 nitrogen and oxygen atoms in total. The summed E-state index contributed by atoms with van der Waals surface area (Å²) in [7, 11) is 2.86. The van der Waals surface area contributed by atoms with Gasteiger partial charge in [-0.1, -0.05) is 11.6 Å². The molecule has 0 saturated carbocycles. The van der Waals surface area contributed by atoms with Crippen LogP contribution in [0.5, 0.6) is 5.75 Å². The standard InChI is InChI=1S/C22H24ClFN2O5/c1-22(2,3)31-21(28)18(6-7-29-4)26-12-19(30-5)15(10-20(26)27)14-9-16(23)17(24)8-13(14)11-25/h8-10,12,18H,6-7H2,1-5H3. The molecular formula is C22H24ClFN2O5. The molecule has 0 aliphatic rings. The Balaban J connectivity index is 2.65. The summed E-state index contributed by atoms with van der Waals surface area (Å²) in [5.74, 6) is -1.15. The van der Waals surface area contributed by atoms with Crippen LogP contribution in [-0.2, 0) is 14.3 Å². The van der Waals surface area contributed by atoms with Crippen molar-refractivity contribution in [2.75, 3.05) is 20.8 Å². The molecule has 2 aromatic rings. The summed E-state index contributed by atoms with van der Waals surface area (Å²) in [6.07, 6.45) is 1.56. The lowest BCUT2D eigenvalue weighted by atomic mass is 10.00. The number of esters is 1. The summed E-state index contributed by atoms with van der Waals surface area (Å²) < 4.78 is 30.9. The smallest absolute Gasteiger partial charge is 0.329 e. The van der Waals surface area contributed by atoms with E-state index in [0.717, 1.165) is 6.07 Å². The minimum Gasteiger partial charge on any atom is -0.495 e. The zero-order valence-electron chi connectivity index (χ0n) is 18.0. The molecule has 0 aliphatic heterocycles. The largest absolute Gasteiger partial charge is 0.495 e. The Labute approximate surface area is 184 Å². The van der Waals surface area contributed by atoms with Gasteiger partial charge in [-0.15, -0.1) is 0 Å². The Kier molecular flexibility index (Phi) is 7.82. The number of carbonyl (C=O) groups is 1. The fourth-order valence-electron chi connectivity index (χ4n) is 2.98. The summed E-state index contributed by atoms with van der Waals surface area (Å²) >= 11 is 5.89. The molecule has 1 aromatic carbocycles. The lowest BCUT2D eigenvalue weighted by Crippen LogP contribution is -2.35. The SMILES string of the molecule is COCCC(C(=O)OC(C)(C)C)n1cc(OC)c(-c2cc(Cl)c(F)cc2C#N)cc1=O. The van der Waals surface area contributed by atoms with Crippen LogP contribution in [-0.4, -0.2) is 37.0 Å². The molecule has 0 aliphatic carbocycles. The van der Waals surface area contributed by atoms with E-state index in [-0.39, 0.29) is 40.5 Å². The fourth-order valence-corrected chi connectivity index (χ4v) is 3.14. The zero-order chi connectivity index (χ0) is 23.3. The lowest BCUT2D eigenvalue weighted by Gasteiger charge is -2.25. The van der Waals surface area contributed by atoms with Crippen molar-refractivity contribution in [1.29, 1.82) is 5.26 Å². The van der Waals surface area contributed by atoms with Gasteiger partial charge in [0.1, 0.15) is 23.2 Å². The van der Waals surface area contributed by atoms with Crippen LogP contribution in [0.25, 0.3) is 11.1 Å². The first-order chi connectivity index (χ1) is 14.5. The first-order valence-electron chi connectivity index (χ1n) is 9.44. The number of methoxy groups -OCH3 is 2. The highest BCUT2D eigenvalue weighted by Crippen LogP contribution is 2.34. The molecule has 2 rings (SSSR count). The number of carbonyl (C=O) groups excluding carboxylic acids is 1. The van der Waals surface area contributed by atoms with Gasteiger partial charge in [-0.25, -0.2) is 9.18 Å². The van der Waals surface area contributed by atoms with Gasteiger partial charge in [-0.05, 0) is 32.9 Å². The van der Waals surface area contributed by atoms with Gasteiger partial charge in [0.25, 0.3) is 5.56 Å². The maximum atomic E-state index is 13.8. The third kappa shape index (κ3) is 5.84. The van der Waals surface area contributed by atoms with Crippen LogP contribution in [0.3, 0.4) is 0 Å². The summed E-state index contributed by atoms with van der Waals surface area (Å²) in [6.45, 7) is 5.40. The van der Waals surface area contributed by atoms with Gasteiger partial charge in [0.15, 0.2) is 0 Å². The maximum Gasteiger partial charge on any atom is 0.329 e. The van der Waals surface area contributed by atoms with Gasteiger partial charge in [0, 0.05) is 37.3 Å². The van der Waals surface area contributed by atoms with E-state index < -0.39 is 29.0 Å². The van der Waals surface area contributed by atoms with E-state index in [2.05, 4.69) is 0 Å². The van der Waals surface area contributed by atoms with E-state index in [0.29, 0.717) is 0 Å². The Morgan fingerprint density at radius 1 is 1.26 bits per heavy atom. The van der Waals surface area contributed by atoms with Crippen LogP contribution in [0.1, 0.15) is 38.8 Å². The van der Waals surface area contributed by atoms with Crippen LogP contribution in [0.4, 0.5) is 4.39 Å². The van der Waals surface area contributed by atoms with Crippen LogP contribution < -0.4 is 10.3 Å². The van der Waals surface area contributed by atoms with Gasteiger partial charge >= 0.3 is 5.97 Å². The van der Waals surface area contributed by atoms with Crippen LogP contribution >= 0.6 is 11.6 Å². The highest BCUT2D eigenvalue weighted by molar-refractivity contribution is 6.31. The van der Waals surface area contributed by atoms with Crippen LogP contribution in [0.15, 0.2) is 29.2 Å². The van der Waals surface area contributed by atoms with E-state index in [4.69, 9.17) is 25.8 Å². The topological polar surface area (TPSA) is 90.5 Å². The summed E-state index contributed by atoms with van der Waals surface area (Å²) in [5.41, 5.74) is -0.812. The highest BCUT2D eigenvalue weighted by atomic mass is 35.5. The number of halogens is 2. The highest BCUT2D eigenvalue weighted by Gasteiger charge is 2.28. The first kappa shape index (κ1) is 24.4. The Hall–Kier alpha value is -2.89. The number of rotatable bonds is 7. The molecule has 0 radical (unpaired) electrons. The second-order valence-corrected chi connectivity index (χ2v) is 8.16. The molecule has 1 atom stereocenters. The van der Waals surface area contributed by atoms with E-state index in [1.54, 1.807) is 20.8 Å². The number of nitrogens with zero attached hydrogens (tertiary/aromatic N) is 2. The minimum absolute atomic E-state index is 0.0135. The predicted octanol–water partition coefficient (Wildman–Crippen LogP) is 4.11. The molecule has 9 heteroatoms. The number of benzene rings is 1. The minimum atomic E-state index is -0.957. The zero-order valence-corrected chi connectivity index (χ0v) is 18.7. The number of hydrogen-bond acceptors (Lipinski definition) is 6. The maximum absolute atomic E-state index is 13.8. The average Bonchev–Trinajstić information content (AvgIpc) is 2.69. The summed E-state index contributed by atoms with van der Waals surface area (Å²) in [5, 5.41) is 9.19. The number of pyridine rings is 1. The van der Waals surface area contributed by atoms with E-state index in [9.17, 15) is 19.2 Å². The third-order valence-corrected chi connectivity index (χ3v) is 4.63. The van der Waals surface area contributed by atoms with Crippen molar-refractivity contribution < 1.29 is 23.4 Å². The number of nitriles is 1. The van der Waals surface area contributed by atoms with Crippen molar-refractivity contribution >= 4 is 17.6 Å². The van der Waals surface area contributed by atoms with Gasteiger partial charge in [-0.3, -0.25) is 9.36 Å². The Morgan fingerprint density at radius 2 is 1.94 bits per heavy atom. The van der Waals surface area contributed by atoms with E-state index in [1.165, 1.54) is 37.1 Å². The monoisotopic (exact) mass is 450 g/mol. The molecule has 0 bridgehead atoms. The molecule has 0 spiro atoms. The molecule has 166 valence electrons. The number of hydrogen-bond donors (Lipinski definition) is 0. The molecule has 1 heterocycles. The van der Waals surface area contributed by atoms with Crippen molar-refractivity contribution in [3.05, 3.63) is 51.2 Å². The summed E-state index contributed by atoms with van der Waals surface area (Å²) in [6, 6.07) is 4.40. The lowest BCUT2D eigenvalue weighted by molar-refractivity contribution is -0.159. The fraction of sp³-hybridized carbons (Fsp3) is 0.409. The predicted molar refractivity (Wildman–Crippen MR) is 114 cm³/mol. The van der Waals surface area contributed by atoms with E-state index >= 15 is 0 Å². The molecule has 0 amide bonds. The third-order valence-electron chi connectivity index (χ3n) is 4.35. The molecule has 1 unspecified atom stereocenters. The van der Waals surface area contributed by atoms with E-state index in [1.807, 2.05) is 6.07 Å². The van der Waals surface area contributed by atoms with Crippen molar-refractivity contribution in [3.8, 4) is 22.9 Å². The molecule has 0 saturated heterocycles. The second-order valence-electron chi connectivity index (χ2n) is 7.76. The second kappa shape index (κ2) is 9.94. The Morgan fingerprint density at radius 3 is 2.48 bits per heavy atom. The van der Waals surface area contributed by atoms with Gasteiger partial charge < -0.3 is 14.2 Å². The molecule has 1 aromatic heterocycles. The number of ether oxygens (including phenoxy) is 3. The van der Waals surface area contributed by atoms with Crippen molar-refractivity contribution in [2.24, 2.45) is 0 Å². The molecular weight excluding hydrogens is 427 g/mol. The van der Waals surface area contributed by atoms with Crippen LogP contribution in [0, 0.1) is 17.1 Å². The van der Waals surface area contributed by atoms with Crippen molar-refractivity contribution in [3.63, 3.8) is 0 Å².